The SMILES string of the molecule is Oc1c(C(c2ccco2)N2CCCC2)sc2ncnn12. The first-order chi connectivity index (χ1) is 9.84. The Morgan fingerprint density at radius 2 is 2.20 bits per heavy atom. The average molecular weight is 290 g/mol. The fourth-order valence-electron chi connectivity index (χ4n) is 2.79. The van der Waals surface area contributed by atoms with E-state index in [9.17, 15) is 5.11 Å². The van der Waals surface area contributed by atoms with Crippen LogP contribution in [-0.4, -0.2) is 37.7 Å². The molecule has 7 heteroatoms. The Kier molecular flexibility index (Phi) is 2.75. The average Bonchev–Trinajstić information content (AvgIpc) is 3.20. The van der Waals surface area contributed by atoms with Crippen molar-refractivity contribution in [3.8, 4) is 5.88 Å². The zero-order chi connectivity index (χ0) is 13.5. The zero-order valence-corrected chi connectivity index (χ0v) is 11.6. The predicted molar refractivity (Wildman–Crippen MR) is 73.9 cm³/mol. The smallest absolute Gasteiger partial charge is 0.230 e. The van der Waals surface area contributed by atoms with E-state index in [0.717, 1.165) is 23.7 Å². The molecule has 104 valence electrons. The van der Waals surface area contributed by atoms with Crippen LogP contribution in [0, 0.1) is 0 Å². The first-order valence-electron chi connectivity index (χ1n) is 6.63. The molecule has 1 fully saturated rings. The van der Waals surface area contributed by atoms with Crippen LogP contribution in [0.5, 0.6) is 5.88 Å². The monoisotopic (exact) mass is 290 g/mol. The van der Waals surface area contributed by atoms with Crippen LogP contribution in [0.3, 0.4) is 0 Å². The number of likely N-dealkylation sites (tertiary alicyclic amines) is 1. The van der Waals surface area contributed by atoms with Crippen LogP contribution in [0.1, 0.15) is 29.5 Å². The van der Waals surface area contributed by atoms with Crippen LogP contribution in [0.15, 0.2) is 29.1 Å². The van der Waals surface area contributed by atoms with Crippen LogP contribution in [-0.2, 0) is 0 Å². The molecule has 0 spiro atoms. The summed E-state index contributed by atoms with van der Waals surface area (Å²) in [6, 6.07) is 3.78. The third-order valence-electron chi connectivity index (χ3n) is 3.71. The number of thiazole rings is 1. The van der Waals surface area contributed by atoms with Crippen LogP contribution in [0.4, 0.5) is 0 Å². The van der Waals surface area contributed by atoms with Crippen LogP contribution in [0.25, 0.3) is 4.96 Å². The number of hydrogen-bond donors (Lipinski definition) is 1. The largest absolute Gasteiger partial charge is 0.492 e. The second-order valence-corrected chi connectivity index (χ2v) is 5.91. The molecule has 6 nitrogen and oxygen atoms in total. The highest BCUT2D eigenvalue weighted by atomic mass is 32.1. The number of rotatable bonds is 3. The molecule has 0 bridgehead atoms. The molecule has 1 unspecified atom stereocenters. The van der Waals surface area contributed by atoms with E-state index in [1.54, 1.807) is 6.26 Å². The molecule has 1 aliphatic heterocycles. The van der Waals surface area contributed by atoms with E-state index in [1.807, 2.05) is 12.1 Å². The van der Waals surface area contributed by atoms with Gasteiger partial charge in [-0.2, -0.15) is 9.61 Å². The molecule has 0 saturated carbocycles. The van der Waals surface area contributed by atoms with Gasteiger partial charge in [0.1, 0.15) is 18.1 Å². The second-order valence-electron chi connectivity index (χ2n) is 4.91. The van der Waals surface area contributed by atoms with Gasteiger partial charge in [-0.25, -0.2) is 4.98 Å². The Morgan fingerprint density at radius 3 is 2.90 bits per heavy atom. The van der Waals surface area contributed by atoms with E-state index < -0.39 is 0 Å². The van der Waals surface area contributed by atoms with Crippen molar-refractivity contribution >= 4 is 16.3 Å². The quantitative estimate of drug-likeness (QED) is 0.801. The predicted octanol–water partition coefficient (Wildman–Crippen LogP) is 2.27. The summed E-state index contributed by atoms with van der Waals surface area (Å²) in [6.07, 6.45) is 5.48. The van der Waals surface area contributed by atoms with Gasteiger partial charge in [-0.3, -0.25) is 4.90 Å². The number of furan rings is 1. The Morgan fingerprint density at radius 1 is 1.35 bits per heavy atom. The number of aromatic hydroxyl groups is 1. The summed E-state index contributed by atoms with van der Waals surface area (Å²) in [5.41, 5.74) is 0. The highest BCUT2D eigenvalue weighted by molar-refractivity contribution is 7.17. The van der Waals surface area contributed by atoms with Gasteiger partial charge in [-0.15, -0.1) is 0 Å². The standard InChI is InChI=1S/C13H14N4O2S/c18-12-11(20-13-14-8-15-17(12)13)10(9-4-3-7-19-9)16-5-1-2-6-16/h3-4,7-8,10,18H,1-2,5-6H2. The summed E-state index contributed by atoms with van der Waals surface area (Å²) < 4.78 is 7.07. The first kappa shape index (κ1) is 11.9. The van der Waals surface area contributed by atoms with Gasteiger partial charge in [-0.05, 0) is 38.1 Å². The van der Waals surface area contributed by atoms with Gasteiger partial charge in [0, 0.05) is 0 Å². The van der Waals surface area contributed by atoms with Crippen molar-refractivity contribution < 1.29 is 9.52 Å². The molecule has 20 heavy (non-hydrogen) atoms. The lowest BCUT2D eigenvalue weighted by molar-refractivity contribution is 0.246. The summed E-state index contributed by atoms with van der Waals surface area (Å²) >= 11 is 1.46. The number of aromatic nitrogens is 3. The maximum Gasteiger partial charge on any atom is 0.230 e. The molecule has 0 amide bonds. The van der Waals surface area contributed by atoms with Crippen molar-refractivity contribution in [3.05, 3.63) is 35.4 Å². The molecule has 0 aromatic carbocycles. The van der Waals surface area contributed by atoms with Crippen LogP contribution >= 0.6 is 11.3 Å². The Labute approximate surface area is 119 Å². The molecule has 1 atom stereocenters. The van der Waals surface area contributed by atoms with E-state index in [2.05, 4.69) is 15.0 Å². The summed E-state index contributed by atoms with van der Waals surface area (Å²) in [7, 11) is 0. The second kappa shape index (κ2) is 4.60. The van der Waals surface area contributed by atoms with Crippen molar-refractivity contribution in [2.45, 2.75) is 18.9 Å². The van der Waals surface area contributed by atoms with Gasteiger partial charge in [-0.1, -0.05) is 11.3 Å². The van der Waals surface area contributed by atoms with E-state index in [1.165, 1.54) is 35.0 Å². The number of fused-ring (bicyclic) bond motifs is 1. The van der Waals surface area contributed by atoms with E-state index >= 15 is 0 Å². The van der Waals surface area contributed by atoms with Gasteiger partial charge in [0.15, 0.2) is 0 Å². The summed E-state index contributed by atoms with van der Waals surface area (Å²) in [5, 5.41) is 14.5. The zero-order valence-electron chi connectivity index (χ0n) is 10.8. The minimum atomic E-state index is -0.0546. The lowest BCUT2D eigenvalue weighted by Gasteiger charge is -2.24. The van der Waals surface area contributed by atoms with Crippen molar-refractivity contribution in [2.24, 2.45) is 0 Å². The molecular formula is C13H14N4O2S. The normalized spacial score (nSPS) is 18.0. The molecule has 4 heterocycles. The third kappa shape index (κ3) is 1.74. The first-order valence-corrected chi connectivity index (χ1v) is 7.45. The highest BCUT2D eigenvalue weighted by Gasteiger charge is 2.32. The number of hydrogen-bond acceptors (Lipinski definition) is 6. The van der Waals surface area contributed by atoms with E-state index in [4.69, 9.17) is 4.42 Å². The van der Waals surface area contributed by atoms with Crippen molar-refractivity contribution in [1.29, 1.82) is 0 Å². The van der Waals surface area contributed by atoms with Crippen LogP contribution in [0.2, 0.25) is 0 Å². The lowest BCUT2D eigenvalue weighted by Crippen LogP contribution is -2.25. The van der Waals surface area contributed by atoms with Gasteiger partial charge in [0.2, 0.25) is 10.8 Å². The van der Waals surface area contributed by atoms with Crippen LogP contribution < -0.4 is 0 Å². The van der Waals surface area contributed by atoms with Crippen molar-refractivity contribution in [1.82, 2.24) is 19.5 Å². The molecule has 3 aromatic heterocycles. The fraction of sp³-hybridized carbons (Fsp3) is 0.385. The van der Waals surface area contributed by atoms with Gasteiger partial charge >= 0.3 is 0 Å². The van der Waals surface area contributed by atoms with Crippen molar-refractivity contribution in [3.63, 3.8) is 0 Å². The van der Waals surface area contributed by atoms with Crippen molar-refractivity contribution in [2.75, 3.05) is 13.1 Å². The summed E-state index contributed by atoms with van der Waals surface area (Å²) in [5.74, 6) is 1.02. The molecule has 1 saturated heterocycles. The summed E-state index contributed by atoms with van der Waals surface area (Å²) in [4.78, 5) is 8.04. The van der Waals surface area contributed by atoms with Gasteiger partial charge in [0.25, 0.3) is 0 Å². The minimum Gasteiger partial charge on any atom is -0.492 e. The maximum absolute atomic E-state index is 10.4. The molecule has 1 aliphatic rings. The fourth-order valence-corrected chi connectivity index (χ4v) is 3.87. The van der Waals surface area contributed by atoms with Gasteiger partial charge in [0.05, 0.1) is 11.1 Å². The Balaban J connectivity index is 1.84. The highest BCUT2D eigenvalue weighted by Crippen LogP contribution is 2.40. The maximum atomic E-state index is 10.4. The van der Waals surface area contributed by atoms with Gasteiger partial charge < -0.3 is 9.52 Å². The Hall–Kier alpha value is -1.86. The number of nitrogens with zero attached hydrogens (tertiary/aromatic N) is 4. The van der Waals surface area contributed by atoms with E-state index in [0.29, 0.717) is 4.96 Å². The molecule has 0 radical (unpaired) electrons. The van der Waals surface area contributed by atoms with E-state index in [-0.39, 0.29) is 11.9 Å². The lowest BCUT2D eigenvalue weighted by atomic mass is 10.1. The topological polar surface area (TPSA) is 66.8 Å². The molecular weight excluding hydrogens is 276 g/mol. The molecule has 4 rings (SSSR count). The minimum absolute atomic E-state index is 0.0546. The third-order valence-corrected chi connectivity index (χ3v) is 4.79. The molecule has 0 aliphatic carbocycles. The Bertz CT molecular complexity index is 712. The molecule has 1 N–H and O–H groups in total. The molecule has 3 aromatic rings. The summed E-state index contributed by atoms with van der Waals surface area (Å²) in [6.45, 7) is 2.02.